The van der Waals surface area contributed by atoms with Gasteiger partial charge in [0, 0.05) is 16.9 Å². The van der Waals surface area contributed by atoms with Crippen molar-refractivity contribution in [3.63, 3.8) is 0 Å². The van der Waals surface area contributed by atoms with E-state index in [0.717, 1.165) is 15.6 Å². The summed E-state index contributed by atoms with van der Waals surface area (Å²) in [6.07, 6.45) is 8.52. The molecule has 0 spiro atoms. The van der Waals surface area contributed by atoms with Crippen LogP contribution in [0.3, 0.4) is 0 Å². The lowest BCUT2D eigenvalue weighted by molar-refractivity contribution is -0.141. The van der Waals surface area contributed by atoms with Crippen LogP contribution in [0.25, 0.3) is 0 Å². The lowest BCUT2D eigenvalue weighted by Crippen LogP contribution is -2.10. The van der Waals surface area contributed by atoms with E-state index in [-0.39, 0.29) is 19.0 Å². The molecule has 0 aromatic carbocycles. The minimum Gasteiger partial charge on any atom is -0.461 e. The molecule has 0 amide bonds. The zero-order valence-electron chi connectivity index (χ0n) is 9.93. The first-order valence-corrected chi connectivity index (χ1v) is 6.14. The van der Waals surface area contributed by atoms with Crippen LogP contribution >= 0.6 is 15.9 Å². The number of pyridine rings is 1. The van der Waals surface area contributed by atoms with Gasteiger partial charge in [0.05, 0.1) is 6.42 Å². The molecule has 1 aromatic rings. The minimum atomic E-state index is -0.299. The van der Waals surface area contributed by atoms with Crippen molar-refractivity contribution in [3.8, 4) is 0 Å². The third-order valence-electron chi connectivity index (χ3n) is 2.10. The van der Waals surface area contributed by atoms with Crippen LogP contribution in [0, 0.1) is 0 Å². The number of allylic oxidation sites excluding steroid dienone is 2. The molecule has 18 heavy (non-hydrogen) atoms. The monoisotopic (exact) mass is 307 g/mol. The second-order valence-corrected chi connectivity index (χ2v) is 4.45. The van der Waals surface area contributed by atoms with Crippen molar-refractivity contribution in [2.24, 2.45) is 0 Å². The van der Waals surface area contributed by atoms with Crippen molar-refractivity contribution in [3.05, 3.63) is 65.5 Å². The van der Waals surface area contributed by atoms with E-state index in [1.54, 1.807) is 30.6 Å². The van der Waals surface area contributed by atoms with Crippen LogP contribution in [0.5, 0.6) is 0 Å². The van der Waals surface area contributed by atoms with Crippen LogP contribution in [0.15, 0.2) is 59.9 Å². The summed E-state index contributed by atoms with van der Waals surface area (Å²) in [4.78, 5) is 15.6. The third-order valence-corrected chi connectivity index (χ3v) is 2.54. The Morgan fingerprint density at radius 1 is 1.44 bits per heavy atom. The molecule has 0 fully saturated rings. The Balaban J connectivity index is 2.49. The van der Waals surface area contributed by atoms with Gasteiger partial charge in [0.25, 0.3) is 0 Å². The standard InChI is InChI=1S/C14H14BrNO2/c1-3-5-11(4-2)10-18-14(17)7-12-6-13(15)9-16-8-12/h3-6,8-9H,1-2,7,10H2/b11-5+. The smallest absolute Gasteiger partial charge is 0.310 e. The number of carbonyl (C=O) groups is 1. The minimum absolute atomic E-state index is 0.199. The summed E-state index contributed by atoms with van der Waals surface area (Å²) in [5, 5.41) is 0. The van der Waals surface area contributed by atoms with Gasteiger partial charge in [0.1, 0.15) is 6.61 Å². The van der Waals surface area contributed by atoms with Crippen molar-refractivity contribution in [2.75, 3.05) is 6.61 Å². The van der Waals surface area contributed by atoms with Crippen LogP contribution < -0.4 is 0 Å². The SMILES string of the molecule is C=C/C=C(\C=C)COC(=O)Cc1cncc(Br)c1. The number of aromatic nitrogens is 1. The molecule has 94 valence electrons. The van der Waals surface area contributed by atoms with Crippen LogP contribution in [-0.2, 0) is 16.0 Å². The Morgan fingerprint density at radius 2 is 2.22 bits per heavy atom. The van der Waals surface area contributed by atoms with Crippen molar-refractivity contribution >= 4 is 21.9 Å². The molecule has 0 aliphatic heterocycles. The van der Waals surface area contributed by atoms with Gasteiger partial charge in [-0.1, -0.05) is 31.4 Å². The molecule has 0 saturated heterocycles. The largest absolute Gasteiger partial charge is 0.461 e. The van der Waals surface area contributed by atoms with Crippen molar-refractivity contribution in [1.29, 1.82) is 0 Å². The van der Waals surface area contributed by atoms with Crippen LogP contribution in [0.2, 0.25) is 0 Å². The first kappa shape index (κ1) is 14.4. The maximum Gasteiger partial charge on any atom is 0.310 e. The number of nitrogens with zero attached hydrogens (tertiary/aromatic N) is 1. The van der Waals surface area contributed by atoms with E-state index in [2.05, 4.69) is 34.1 Å². The van der Waals surface area contributed by atoms with E-state index < -0.39 is 0 Å². The number of rotatable bonds is 6. The van der Waals surface area contributed by atoms with E-state index in [4.69, 9.17) is 4.74 Å². The van der Waals surface area contributed by atoms with Gasteiger partial charge in [-0.2, -0.15) is 0 Å². The number of hydrogen-bond acceptors (Lipinski definition) is 3. The molecule has 0 aliphatic rings. The maximum absolute atomic E-state index is 11.6. The fraction of sp³-hybridized carbons (Fsp3) is 0.143. The first-order valence-electron chi connectivity index (χ1n) is 5.34. The van der Waals surface area contributed by atoms with Gasteiger partial charge in [-0.3, -0.25) is 9.78 Å². The lowest BCUT2D eigenvalue weighted by Gasteiger charge is -2.05. The number of hydrogen-bond donors (Lipinski definition) is 0. The predicted molar refractivity (Wildman–Crippen MR) is 75.1 cm³/mol. The average molecular weight is 308 g/mol. The quantitative estimate of drug-likeness (QED) is 0.598. The summed E-state index contributed by atoms with van der Waals surface area (Å²) in [5.74, 6) is -0.299. The summed E-state index contributed by atoms with van der Waals surface area (Å²) in [6.45, 7) is 7.41. The average Bonchev–Trinajstić information content (AvgIpc) is 2.34. The predicted octanol–water partition coefficient (Wildman–Crippen LogP) is 3.23. The zero-order chi connectivity index (χ0) is 13.4. The summed E-state index contributed by atoms with van der Waals surface area (Å²) in [7, 11) is 0. The molecule has 1 heterocycles. The van der Waals surface area contributed by atoms with Gasteiger partial charge in [-0.25, -0.2) is 0 Å². The first-order chi connectivity index (χ1) is 8.65. The van der Waals surface area contributed by atoms with Crippen LogP contribution in [-0.4, -0.2) is 17.6 Å². The third kappa shape index (κ3) is 5.10. The topological polar surface area (TPSA) is 39.2 Å². The van der Waals surface area contributed by atoms with Crippen molar-refractivity contribution in [2.45, 2.75) is 6.42 Å². The molecule has 0 N–H and O–H groups in total. The Morgan fingerprint density at radius 3 is 2.83 bits per heavy atom. The molecule has 0 aliphatic carbocycles. The molecule has 4 heteroatoms. The second kappa shape index (κ2) is 7.61. The Bertz CT molecular complexity index is 480. The highest BCUT2D eigenvalue weighted by molar-refractivity contribution is 9.10. The number of carbonyl (C=O) groups excluding carboxylic acids is 1. The zero-order valence-corrected chi connectivity index (χ0v) is 11.5. The summed E-state index contributed by atoms with van der Waals surface area (Å²) in [6, 6.07) is 1.84. The van der Waals surface area contributed by atoms with Crippen molar-refractivity contribution < 1.29 is 9.53 Å². The highest BCUT2D eigenvalue weighted by atomic mass is 79.9. The fourth-order valence-electron chi connectivity index (χ4n) is 1.26. The van der Waals surface area contributed by atoms with E-state index in [0.29, 0.717) is 0 Å². The van der Waals surface area contributed by atoms with Gasteiger partial charge in [0.2, 0.25) is 0 Å². The Kier molecular flexibility index (Phi) is 6.08. The van der Waals surface area contributed by atoms with Crippen LogP contribution in [0.1, 0.15) is 5.56 Å². The van der Waals surface area contributed by atoms with E-state index in [9.17, 15) is 4.79 Å². The molecule has 0 atom stereocenters. The van der Waals surface area contributed by atoms with Gasteiger partial charge in [-0.05, 0) is 33.1 Å². The van der Waals surface area contributed by atoms with Gasteiger partial charge in [-0.15, -0.1) is 0 Å². The molecule has 1 aromatic heterocycles. The Hall–Kier alpha value is -1.68. The van der Waals surface area contributed by atoms with Gasteiger partial charge < -0.3 is 4.74 Å². The van der Waals surface area contributed by atoms with E-state index in [1.807, 2.05) is 6.07 Å². The molecule has 0 unspecified atom stereocenters. The molecular formula is C14H14BrNO2. The van der Waals surface area contributed by atoms with Crippen LogP contribution in [0.4, 0.5) is 0 Å². The van der Waals surface area contributed by atoms with Gasteiger partial charge >= 0.3 is 5.97 Å². The normalized spacial score (nSPS) is 10.8. The lowest BCUT2D eigenvalue weighted by atomic mass is 10.2. The molecule has 1 rings (SSSR count). The number of esters is 1. The van der Waals surface area contributed by atoms with Gasteiger partial charge in [0.15, 0.2) is 0 Å². The highest BCUT2D eigenvalue weighted by Crippen LogP contribution is 2.10. The number of ether oxygens (including phenoxy) is 1. The summed E-state index contributed by atoms with van der Waals surface area (Å²) < 4.78 is 5.96. The summed E-state index contributed by atoms with van der Waals surface area (Å²) in [5.41, 5.74) is 1.62. The van der Waals surface area contributed by atoms with E-state index in [1.165, 1.54) is 0 Å². The molecule has 3 nitrogen and oxygen atoms in total. The molecular weight excluding hydrogens is 294 g/mol. The molecule has 0 saturated carbocycles. The maximum atomic E-state index is 11.6. The number of halogens is 1. The van der Waals surface area contributed by atoms with Crippen molar-refractivity contribution in [1.82, 2.24) is 4.98 Å². The fourth-order valence-corrected chi connectivity index (χ4v) is 1.67. The molecule has 0 radical (unpaired) electrons. The summed E-state index contributed by atoms with van der Waals surface area (Å²) >= 11 is 3.30. The van der Waals surface area contributed by atoms with E-state index >= 15 is 0 Å². The molecule has 0 bridgehead atoms. The second-order valence-electron chi connectivity index (χ2n) is 3.53. The Labute approximate surface area is 115 Å². The highest BCUT2D eigenvalue weighted by Gasteiger charge is 2.06.